The molecule has 32 heavy (non-hydrogen) atoms. The number of amides is 1. The number of hydrogen-bond donors (Lipinski definition) is 2. The number of quaternary nitrogens is 1. The van der Waals surface area contributed by atoms with E-state index in [4.69, 9.17) is 0 Å². The van der Waals surface area contributed by atoms with E-state index in [1.54, 1.807) is 6.92 Å². The lowest BCUT2D eigenvalue weighted by Gasteiger charge is -2.41. The van der Waals surface area contributed by atoms with Crippen LogP contribution in [0.5, 0.6) is 0 Å². The number of nitrogens with zero attached hydrogens (tertiary/aromatic N) is 1. The molecule has 0 saturated heterocycles. The van der Waals surface area contributed by atoms with Crippen LogP contribution in [0.1, 0.15) is 130 Å². The Morgan fingerprint density at radius 3 is 1.97 bits per heavy atom. The van der Waals surface area contributed by atoms with Crippen molar-refractivity contribution >= 4 is 5.91 Å². The zero-order valence-electron chi connectivity index (χ0n) is 21.8. The Balaban J connectivity index is 2.02. The molecule has 0 aromatic heterocycles. The maximum absolute atomic E-state index is 11.5. The Labute approximate surface area is 199 Å². The number of carbonyl (C=O) groups excluding carboxylic acids is 1. The highest BCUT2D eigenvalue weighted by molar-refractivity contribution is 5.72. The summed E-state index contributed by atoms with van der Waals surface area (Å²) in [6.45, 7) is 9.20. The molecule has 1 heterocycles. The summed E-state index contributed by atoms with van der Waals surface area (Å²) in [6.07, 6.45) is 31.1. The van der Waals surface area contributed by atoms with E-state index in [1.807, 2.05) is 0 Å². The fourth-order valence-corrected chi connectivity index (χ4v) is 5.03. The second kappa shape index (κ2) is 18.2. The zero-order chi connectivity index (χ0) is 23.5. The first-order valence-corrected chi connectivity index (χ1v) is 13.8. The summed E-state index contributed by atoms with van der Waals surface area (Å²) in [5.41, 5.74) is 0. The van der Waals surface area contributed by atoms with Crippen molar-refractivity contribution in [1.29, 1.82) is 0 Å². The van der Waals surface area contributed by atoms with E-state index >= 15 is 0 Å². The fraction of sp³-hybridized carbons (Fsp3) is 0.821. The summed E-state index contributed by atoms with van der Waals surface area (Å²) in [6, 6.07) is 0. The summed E-state index contributed by atoms with van der Waals surface area (Å²) in [5, 5.41) is 6.63. The Kier molecular flexibility index (Phi) is 16.3. The van der Waals surface area contributed by atoms with Gasteiger partial charge in [0.15, 0.2) is 12.3 Å². The van der Waals surface area contributed by atoms with E-state index in [0.717, 1.165) is 17.4 Å². The Morgan fingerprint density at radius 2 is 1.44 bits per heavy atom. The maximum Gasteiger partial charge on any atom is 0.221 e. The summed E-state index contributed by atoms with van der Waals surface area (Å²) < 4.78 is 0.800. The standard InChI is InChI=1S/C28H53N3O/c1-5-7-8-9-10-11-12-13-14-15-16-17-18-19-20-21-22-23-28-29-24-25-31(28,6-2)26(3)30-27(4)32/h18-19,24-26,28-29H,5-17,20-23H2,1-4H3/p+1/b19-18+. The van der Waals surface area contributed by atoms with Gasteiger partial charge in [0.2, 0.25) is 5.91 Å². The van der Waals surface area contributed by atoms with Gasteiger partial charge in [-0.15, -0.1) is 0 Å². The van der Waals surface area contributed by atoms with Crippen LogP contribution in [-0.2, 0) is 4.79 Å². The number of nitrogens with one attached hydrogen (secondary N) is 2. The number of rotatable bonds is 20. The number of carbonyl (C=O) groups is 1. The van der Waals surface area contributed by atoms with E-state index < -0.39 is 0 Å². The van der Waals surface area contributed by atoms with Crippen LogP contribution in [0.4, 0.5) is 0 Å². The molecule has 0 bridgehead atoms. The molecule has 0 saturated carbocycles. The molecule has 4 nitrogen and oxygen atoms in total. The molecule has 0 spiro atoms. The van der Waals surface area contributed by atoms with Crippen LogP contribution in [0.15, 0.2) is 24.6 Å². The van der Waals surface area contributed by atoms with Crippen LogP contribution in [0.3, 0.4) is 0 Å². The molecule has 1 aliphatic heterocycles. The summed E-state index contributed by atoms with van der Waals surface area (Å²) in [7, 11) is 0. The average Bonchev–Trinajstić information content (AvgIpc) is 3.19. The molecule has 0 aromatic rings. The topological polar surface area (TPSA) is 41.1 Å². The molecule has 3 unspecified atom stereocenters. The molecule has 4 heteroatoms. The highest BCUT2D eigenvalue weighted by atomic mass is 16.1. The van der Waals surface area contributed by atoms with Gasteiger partial charge in [0.05, 0.1) is 12.7 Å². The van der Waals surface area contributed by atoms with Crippen molar-refractivity contribution in [3.05, 3.63) is 24.6 Å². The van der Waals surface area contributed by atoms with Crippen LogP contribution in [0.2, 0.25) is 0 Å². The van der Waals surface area contributed by atoms with Gasteiger partial charge in [-0.25, -0.2) is 0 Å². The van der Waals surface area contributed by atoms with Crippen molar-refractivity contribution in [3.8, 4) is 0 Å². The van der Waals surface area contributed by atoms with Crippen molar-refractivity contribution in [1.82, 2.24) is 10.6 Å². The predicted octanol–water partition coefficient (Wildman–Crippen LogP) is 7.52. The average molecular weight is 449 g/mol. The highest BCUT2D eigenvalue weighted by Gasteiger charge is 2.41. The van der Waals surface area contributed by atoms with Gasteiger partial charge in [-0.2, -0.15) is 0 Å². The predicted molar refractivity (Wildman–Crippen MR) is 139 cm³/mol. The molecule has 2 N–H and O–H groups in total. The van der Waals surface area contributed by atoms with Crippen LogP contribution in [0.25, 0.3) is 0 Å². The Bertz CT molecular complexity index is 531. The smallest absolute Gasteiger partial charge is 0.221 e. The second-order valence-electron chi connectivity index (χ2n) is 9.77. The van der Waals surface area contributed by atoms with E-state index in [2.05, 4.69) is 56.0 Å². The molecule has 0 aliphatic carbocycles. The number of hydrogen-bond acceptors (Lipinski definition) is 2. The quantitative estimate of drug-likeness (QED) is 0.115. The molecular weight excluding hydrogens is 394 g/mol. The minimum Gasteiger partial charge on any atom is -0.338 e. The molecule has 1 rings (SSSR count). The van der Waals surface area contributed by atoms with Crippen molar-refractivity contribution in [2.45, 2.75) is 143 Å². The van der Waals surface area contributed by atoms with Crippen molar-refractivity contribution in [3.63, 3.8) is 0 Å². The Hall–Kier alpha value is -1.29. The van der Waals surface area contributed by atoms with Crippen molar-refractivity contribution < 1.29 is 9.28 Å². The third-order valence-corrected chi connectivity index (χ3v) is 7.14. The summed E-state index contributed by atoms with van der Waals surface area (Å²) >= 11 is 0. The van der Waals surface area contributed by atoms with Gasteiger partial charge in [0.25, 0.3) is 0 Å². The van der Waals surface area contributed by atoms with Crippen LogP contribution < -0.4 is 10.6 Å². The highest BCUT2D eigenvalue weighted by Crippen LogP contribution is 2.26. The van der Waals surface area contributed by atoms with Gasteiger partial charge in [0.1, 0.15) is 6.20 Å². The summed E-state index contributed by atoms with van der Waals surface area (Å²) in [5.74, 6) is 0.0467. The van der Waals surface area contributed by atoms with Gasteiger partial charge in [-0.1, -0.05) is 83.3 Å². The first-order chi connectivity index (χ1) is 15.6. The monoisotopic (exact) mass is 448 g/mol. The lowest BCUT2D eigenvalue weighted by atomic mass is 10.1. The van der Waals surface area contributed by atoms with Gasteiger partial charge in [-0.05, 0) is 39.0 Å². The molecule has 0 aromatic carbocycles. The molecule has 3 atom stereocenters. The van der Waals surface area contributed by atoms with Crippen molar-refractivity contribution in [2.75, 3.05) is 6.54 Å². The van der Waals surface area contributed by atoms with Gasteiger partial charge in [-0.3, -0.25) is 9.28 Å². The first-order valence-electron chi connectivity index (χ1n) is 13.8. The van der Waals surface area contributed by atoms with E-state index in [1.165, 1.54) is 96.3 Å². The van der Waals surface area contributed by atoms with E-state index in [-0.39, 0.29) is 12.1 Å². The first kappa shape index (κ1) is 28.7. The molecule has 0 fully saturated rings. The van der Waals surface area contributed by atoms with E-state index in [0.29, 0.717) is 6.17 Å². The number of allylic oxidation sites excluding steroid dienone is 2. The second-order valence-corrected chi connectivity index (χ2v) is 9.77. The van der Waals surface area contributed by atoms with Gasteiger partial charge < -0.3 is 10.6 Å². The molecule has 1 aliphatic rings. The lowest BCUT2D eigenvalue weighted by molar-refractivity contribution is -0.923. The van der Waals surface area contributed by atoms with Crippen LogP contribution in [-0.4, -0.2) is 29.3 Å². The minimum atomic E-state index is 0.0467. The zero-order valence-corrected chi connectivity index (χ0v) is 21.8. The van der Waals surface area contributed by atoms with Gasteiger partial charge in [0, 0.05) is 20.3 Å². The molecular formula is C28H54N3O+. The summed E-state index contributed by atoms with van der Waals surface area (Å²) in [4.78, 5) is 11.5. The lowest BCUT2D eigenvalue weighted by Crippen LogP contribution is -2.62. The van der Waals surface area contributed by atoms with Crippen molar-refractivity contribution in [2.24, 2.45) is 0 Å². The molecule has 186 valence electrons. The largest absolute Gasteiger partial charge is 0.338 e. The van der Waals surface area contributed by atoms with E-state index in [9.17, 15) is 4.79 Å². The van der Waals surface area contributed by atoms with Crippen LogP contribution in [0, 0.1) is 0 Å². The maximum atomic E-state index is 11.5. The molecule has 0 radical (unpaired) electrons. The fourth-order valence-electron chi connectivity index (χ4n) is 5.03. The van der Waals surface area contributed by atoms with Crippen LogP contribution >= 0.6 is 0 Å². The normalized spacial score (nSPS) is 21.2. The number of unbranched alkanes of at least 4 members (excludes halogenated alkanes) is 13. The third kappa shape index (κ3) is 11.5. The van der Waals surface area contributed by atoms with Gasteiger partial charge >= 0.3 is 0 Å². The SMILES string of the molecule is CCCCCCCCCCCCC/C=C/CCCCC1NC=C[N+]1(CC)C(C)NC(C)=O. The Morgan fingerprint density at radius 1 is 0.906 bits per heavy atom. The minimum absolute atomic E-state index is 0.0467. The third-order valence-electron chi connectivity index (χ3n) is 7.14. The molecule has 1 amide bonds.